The van der Waals surface area contributed by atoms with Crippen LogP contribution in [0.15, 0.2) is 18.2 Å². The number of benzene rings is 1. The Balaban J connectivity index is 3.13. The van der Waals surface area contributed by atoms with Crippen LogP contribution >= 0.6 is 0 Å². The van der Waals surface area contributed by atoms with Crippen molar-refractivity contribution in [1.82, 2.24) is 4.90 Å². The van der Waals surface area contributed by atoms with E-state index in [-0.39, 0.29) is 17.6 Å². The molecule has 0 aromatic heterocycles. The number of nitrogens with zero attached hydrogens (tertiary/aromatic N) is 1. The van der Waals surface area contributed by atoms with Gasteiger partial charge in [0.1, 0.15) is 5.82 Å². The molecule has 0 N–H and O–H groups in total. The fourth-order valence-electron chi connectivity index (χ4n) is 1.38. The summed E-state index contributed by atoms with van der Waals surface area (Å²) >= 11 is 0. The second-order valence-electron chi connectivity index (χ2n) is 4.09. The van der Waals surface area contributed by atoms with E-state index in [1.807, 2.05) is 13.8 Å². The molecule has 82 valence electrons. The first kappa shape index (κ1) is 11.7. The Kier molecular flexibility index (Phi) is 3.45. The summed E-state index contributed by atoms with van der Waals surface area (Å²) in [6, 6.07) is 4.50. The van der Waals surface area contributed by atoms with Gasteiger partial charge in [-0.25, -0.2) is 4.39 Å². The minimum absolute atomic E-state index is 0.0833. The minimum atomic E-state index is -0.250. The second-order valence-corrected chi connectivity index (χ2v) is 4.09. The molecule has 1 rings (SSSR count). The van der Waals surface area contributed by atoms with Crippen molar-refractivity contribution in [2.45, 2.75) is 19.8 Å². The van der Waals surface area contributed by atoms with E-state index in [1.54, 1.807) is 20.2 Å². The molecule has 0 bridgehead atoms. The predicted molar refractivity (Wildman–Crippen MR) is 58.5 cm³/mol. The van der Waals surface area contributed by atoms with Gasteiger partial charge in [-0.05, 0) is 29.7 Å². The molecule has 0 atom stereocenters. The summed E-state index contributed by atoms with van der Waals surface area (Å²) in [5.74, 6) is -0.267. The molecule has 0 heterocycles. The largest absolute Gasteiger partial charge is 0.345 e. The molecule has 0 saturated carbocycles. The van der Waals surface area contributed by atoms with Crippen LogP contribution in [0, 0.1) is 5.82 Å². The van der Waals surface area contributed by atoms with Crippen LogP contribution in [0.4, 0.5) is 4.39 Å². The van der Waals surface area contributed by atoms with Crippen LogP contribution < -0.4 is 0 Å². The first-order valence-electron chi connectivity index (χ1n) is 4.94. The number of carbonyl (C=O) groups is 1. The number of amides is 1. The van der Waals surface area contributed by atoms with Gasteiger partial charge in [-0.2, -0.15) is 0 Å². The monoisotopic (exact) mass is 209 g/mol. The molecular formula is C12H16FNO. The smallest absolute Gasteiger partial charge is 0.253 e. The van der Waals surface area contributed by atoms with Gasteiger partial charge in [-0.1, -0.05) is 13.8 Å². The van der Waals surface area contributed by atoms with Crippen molar-refractivity contribution >= 4 is 5.91 Å². The van der Waals surface area contributed by atoms with E-state index in [4.69, 9.17) is 0 Å². The van der Waals surface area contributed by atoms with Crippen molar-refractivity contribution in [1.29, 1.82) is 0 Å². The van der Waals surface area contributed by atoms with Crippen molar-refractivity contribution < 1.29 is 9.18 Å². The van der Waals surface area contributed by atoms with E-state index in [1.165, 1.54) is 17.0 Å². The average molecular weight is 209 g/mol. The lowest BCUT2D eigenvalue weighted by Gasteiger charge is -2.13. The molecule has 0 spiro atoms. The Morgan fingerprint density at radius 3 is 2.40 bits per heavy atom. The maximum Gasteiger partial charge on any atom is 0.253 e. The summed E-state index contributed by atoms with van der Waals surface area (Å²) in [5, 5.41) is 0. The summed E-state index contributed by atoms with van der Waals surface area (Å²) in [6.45, 7) is 3.81. The standard InChI is InChI=1S/C12H16FNO/c1-8(2)10-7-9(5-6-11(10)13)12(15)14(3)4/h5-8H,1-4H3. The molecular weight excluding hydrogens is 193 g/mol. The molecule has 0 radical (unpaired) electrons. The zero-order chi connectivity index (χ0) is 11.6. The van der Waals surface area contributed by atoms with Crippen molar-refractivity contribution in [3.05, 3.63) is 35.1 Å². The Labute approximate surface area is 89.7 Å². The lowest BCUT2D eigenvalue weighted by Crippen LogP contribution is -2.21. The van der Waals surface area contributed by atoms with Gasteiger partial charge in [0.25, 0.3) is 5.91 Å². The SMILES string of the molecule is CC(C)c1cc(C(=O)N(C)C)ccc1F. The Hall–Kier alpha value is -1.38. The van der Waals surface area contributed by atoms with Gasteiger partial charge >= 0.3 is 0 Å². The second kappa shape index (κ2) is 4.43. The summed E-state index contributed by atoms with van der Waals surface area (Å²) in [6.07, 6.45) is 0. The van der Waals surface area contributed by atoms with Gasteiger partial charge in [0.15, 0.2) is 0 Å². The summed E-state index contributed by atoms with van der Waals surface area (Å²) in [7, 11) is 3.36. The lowest BCUT2D eigenvalue weighted by atomic mass is 10.00. The third kappa shape index (κ3) is 2.55. The van der Waals surface area contributed by atoms with Gasteiger partial charge in [-0.3, -0.25) is 4.79 Å². The molecule has 0 aliphatic rings. The van der Waals surface area contributed by atoms with E-state index < -0.39 is 0 Å². The summed E-state index contributed by atoms with van der Waals surface area (Å²) in [5.41, 5.74) is 1.12. The first-order valence-corrected chi connectivity index (χ1v) is 4.94. The molecule has 0 saturated heterocycles. The zero-order valence-corrected chi connectivity index (χ0v) is 9.54. The van der Waals surface area contributed by atoms with Gasteiger partial charge in [-0.15, -0.1) is 0 Å². The van der Waals surface area contributed by atoms with E-state index >= 15 is 0 Å². The topological polar surface area (TPSA) is 20.3 Å². The molecule has 0 unspecified atom stereocenters. The molecule has 1 aromatic rings. The molecule has 1 amide bonds. The Morgan fingerprint density at radius 2 is 1.93 bits per heavy atom. The Morgan fingerprint density at radius 1 is 1.33 bits per heavy atom. The molecule has 0 aliphatic carbocycles. The van der Waals surface area contributed by atoms with Crippen LogP contribution in [0.1, 0.15) is 35.7 Å². The van der Waals surface area contributed by atoms with Crippen LogP contribution in [0.3, 0.4) is 0 Å². The van der Waals surface area contributed by atoms with E-state index in [0.717, 1.165) is 0 Å². The normalized spacial score (nSPS) is 10.5. The highest BCUT2D eigenvalue weighted by Crippen LogP contribution is 2.20. The third-order valence-electron chi connectivity index (χ3n) is 2.27. The van der Waals surface area contributed by atoms with Crippen LogP contribution in [-0.2, 0) is 0 Å². The van der Waals surface area contributed by atoms with Gasteiger partial charge in [0, 0.05) is 19.7 Å². The predicted octanol–water partition coefficient (Wildman–Crippen LogP) is 2.65. The lowest BCUT2D eigenvalue weighted by molar-refractivity contribution is 0.0827. The first-order chi connectivity index (χ1) is 6.93. The maximum absolute atomic E-state index is 13.4. The molecule has 2 nitrogen and oxygen atoms in total. The van der Waals surface area contributed by atoms with Gasteiger partial charge in [0.05, 0.1) is 0 Å². The Bertz CT molecular complexity index is 372. The van der Waals surface area contributed by atoms with Gasteiger partial charge in [0.2, 0.25) is 0 Å². The number of hydrogen-bond acceptors (Lipinski definition) is 1. The van der Waals surface area contributed by atoms with Crippen molar-refractivity contribution in [2.24, 2.45) is 0 Å². The quantitative estimate of drug-likeness (QED) is 0.733. The van der Waals surface area contributed by atoms with Crippen LogP contribution in [0.5, 0.6) is 0 Å². The van der Waals surface area contributed by atoms with Gasteiger partial charge < -0.3 is 4.90 Å². The van der Waals surface area contributed by atoms with E-state index in [2.05, 4.69) is 0 Å². The summed E-state index contributed by atoms with van der Waals surface area (Å²) in [4.78, 5) is 13.1. The van der Waals surface area contributed by atoms with Crippen LogP contribution in [-0.4, -0.2) is 24.9 Å². The maximum atomic E-state index is 13.4. The summed E-state index contributed by atoms with van der Waals surface area (Å²) < 4.78 is 13.4. The van der Waals surface area contributed by atoms with Crippen molar-refractivity contribution in [2.75, 3.05) is 14.1 Å². The number of halogens is 1. The number of carbonyl (C=O) groups excluding carboxylic acids is 1. The van der Waals surface area contributed by atoms with E-state index in [0.29, 0.717) is 11.1 Å². The van der Waals surface area contributed by atoms with Crippen molar-refractivity contribution in [3.8, 4) is 0 Å². The highest BCUT2D eigenvalue weighted by molar-refractivity contribution is 5.94. The van der Waals surface area contributed by atoms with E-state index in [9.17, 15) is 9.18 Å². The molecule has 3 heteroatoms. The molecule has 15 heavy (non-hydrogen) atoms. The highest BCUT2D eigenvalue weighted by atomic mass is 19.1. The van der Waals surface area contributed by atoms with Crippen molar-refractivity contribution in [3.63, 3.8) is 0 Å². The fourth-order valence-corrected chi connectivity index (χ4v) is 1.38. The molecule has 0 aliphatic heterocycles. The number of rotatable bonds is 2. The van der Waals surface area contributed by atoms with Crippen LogP contribution in [0.25, 0.3) is 0 Å². The fraction of sp³-hybridized carbons (Fsp3) is 0.417. The highest BCUT2D eigenvalue weighted by Gasteiger charge is 2.12. The molecule has 1 aromatic carbocycles. The minimum Gasteiger partial charge on any atom is -0.345 e. The average Bonchev–Trinajstić information content (AvgIpc) is 2.16. The molecule has 0 fully saturated rings. The number of hydrogen-bond donors (Lipinski definition) is 0. The third-order valence-corrected chi connectivity index (χ3v) is 2.27. The zero-order valence-electron chi connectivity index (χ0n) is 9.54. The van der Waals surface area contributed by atoms with Crippen LogP contribution in [0.2, 0.25) is 0 Å².